The summed E-state index contributed by atoms with van der Waals surface area (Å²) in [5.74, 6) is -3.90. The molecule has 1 aromatic heterocycles. The number of ether oxygens (including phenoxy) is 1. The summed E-state index contributed by atoms with van der Waals surface area (Å²) in [4.78, 5) is 39.0. The van der Waals surface area contributed by atoms with Gasteiger partial charge in [-0.05, 0) is 13.0 Å². The summed E-state index contributed by atoms with van der Waals surface area (Å²) in [6.45, 7) is 1.83. The predicted molar refractivity (Wildman–Crippen MR) is 94.7 cm³/mol. The zero-order chi connectivity index (χ0) is 20.9. The zero-order valence-electron chi connectivity index (χ0n) is 15.6. The number of pyridine rings is 1. The largest absolute Gasteiger partial charge is 0.525 e. The third-order valence-corrected chi connectivity index (χ3v) is 4.88. The first-order valence-electron chi connectivity index (χ1n) is 8.78. The molecule has 1 fully saturated rings. The van der Waals surface area contributed by atoms with Gasteiger partial charge in [-0.25, -0.2) is 8.78 Å². The predicted octanol–water partition coefficient (Wildman–Crippen LogP) is 1.12. The molecule has 1 atom stereocenters. The second-order valence-corrected chi connectivity index (χ2v) is 6.84. The van der Waals surface area contributed by atoms with E-state index in [1.54, 1.807) is 6.92 Å². The number of fused-ring (bicyclic) bond motifs is 2. The Morgan fingerprint density at radius 3 is 2.80 bits per heavy atom. The molecule has 2 aliphatic rings. The molecule has 1 aromatic carbocycles. The van der Waals surface area contributed by atoms with Crippen molar-refractivity contribution in [1.82, 2.24) is 14.8 Å². The van der Waals surface area contributed by atoms with Crippen LogP contribution in [0.1, 0.15) is 33.3 Å². The molecule has 0 unspecified atom stereocenters. The van der Waals surface area contributed by atoms with E-state index in [0.717, 1.165) is 12.3 Å². The van der Waals surface area contributed by atoms with Crippen molar-refractivity contribution in [2.24, 2.45) is 0 Å². The van der Waals surface area contributed by atoms with Crippen LogP contribution in [0.25, 0.3) is 0 Å². The normalized spacial score (nSPS) is 17.9. The minimum atomic E-state index is -1.02. The third-order valence-electron chi connectivity index (χ3n) is 4.88. The molecule has 0 radical (unpaired) electrons. The standard InChI is InChI=1S/C19H16F2N3O5.W/c1-9-8-29-14-7-23-6-12(16(25)17(26)15(23)19(28)24(9)14)18(27)22-5-10-2-3-11(20)4-13(10)21;/h2-4,6,9,26H,5,7-8H2,1H3,(H,22,27);/q-1;/t9-;/m0./s1. The van der Waals surface area contributed by atoms with Crippen LogP contribution in [0.3, 0.4) is 0 Å². The molecule has 11 heteroatoms. The van der Waals surface area contributed by atoms with Crippen LogP contribution in [0.5, 0.6) is 5.75 Å². The number of rotatable bonds is 3. The van der Waals surface area contributed by atoms with Gasteiger partial charge in [0.2, 0.25) is 11.3 Å². The van der Waals surface area contributed by atoms with Crippen LogP contribution in [0.15, 0.2) is 29.2 Å². The maximum absolute atomic E-state index is 13.7. The van der Waals surface area contributed by atoms with Crippen LogP contribution in [-0.4, -0.2) is 39.0 Å². The van der Waals surface area contributed by atoms with E-state index < -0.39 is 40.2 Å². The van der Waals surface area contributed by atoms with Gasteiger partial charge in [-0.1, -0.05) is 18.8 Å². The van der Waals surface area contributed by atoms with Crippen LogP contribution in [0, 0.1) is 17.9 Å². The Morgan fingerprint density at radius 1 is 1.37 bits per heavy atom. The number of aromatic nitrogens is 1. The molecule has 3 heterocycles. The van der Waals surface area contributed by atoms with Crippen molar-refractivity contribution >= 4 is 11.8 Å². The van der Waals surface area contributed by atoms with E-state index in [1.807, 2.05) is 0 Å². The van der Waals surface area contributed by atoms with E-state index in [4.69, 9.17) is 4.74 Å². The van der Waals surface area contributed by atoms with E-state index in [2.05, 4.69) is 5.32 Å². The summed E-state index contributed by atoms with van der Waals surface area (Å²) in [7, 11) is 0. The van der Waals surface area contributed by atoms with Crippen LogP contribution in [0.4, 0.5) is 8.78 Å². The van der Waals surface area contributed by atoms with Crippen LogP contribution in [-0.2, 0) is 38.9 Å². The number of nitrogens with one attached hydrogen (secondary N) is 1. The Morgan fingerprint density at radius 2 is 2.10 bits per heavy atom. The number of carbonyl (C=O) groups excluding carboxylic acids is 2. The van der Waals surface area contributed by atoms with Gasteiger partial charge < -0.3 is 24.6 Å². The molecule has 4 rings (SSSR count). The average molecular weight is 588 g/mol. The Balaban J connectivity index is 0.00000256. The molecule has 1 saturated heterocycles. The monoisotopic (exact) mass is 588 g/mol. The van der Waals surface area contributed by atoms with Crippen LogP contribution >= 0.6 is 0 Å². The number of amides is 2. The number of hydrogen-bond donors (Lipinski definition) is 2. The number of benzene rings is 1. The number of halogens is 2. The summed E-state index contributed by atoms with van der Waals surface area (Å²) in [6, 6.07) is 2.65. The number of carbonyl (C=O) groups is 2. The molecule has 2 aliphatic heterocycles. The van der Waals surface area contributed by atoms with Gasteiger partial charge in [-0.15, -0.1) is 0 Å². The molecule has 0 aliphatic carbocycles. The topological polar surface area (TPSA) is 101 Å². The zero-order valence-corrected chi connectivity index (χ0v) is 18.6. The molecule has 30 heavy (non-hydrogen) atoms. The van der Waals surface area contributed by atoms with Crippen molar-refractivity contribution in [3.8, 4) is 5.75 Å². The van der Waals surface area contributed by atoms with Crippen molar-refractivity contribution in [1.29, 1.82) is 0 Å². The first-order chi connectivity index (χ1) is 13.8. The SMILES string of the molecule is C[C@H]1CO[C-]2Cn3cc(C(=O)NCc4ccc(F)cc4F)c(=O)c(O)c3C(=O)N21.[W]. The van der Waals surface area contributed by atoms with Crippen LogP contribution in [0.2, 0.25) is 0 Å². The summed E-state index contributed by atoms with van der Waals surface area (Å²) < 4.78 is 33.4. The van der Waals surface area contributed by atoms with Crippen LogP contribution < -0.4 is 10.7 Å². The Kier molecular flexibility index (Phi) is 6.10. The third kappa shape index (κ3) is 3.65. The van der Waals surface area contributed by atoms with Gasteiger partial charge in [0.25, 0.3) is 5.91 Å². The van der Waals surface area contributed by atoms with Crippen molar-refractivity contribution in [3.63, 3.8) is 0 Å². The number of aromatic hydroxyl groups is 1. The quantitative estimate of drug-likeness (QED) is 0.524. The van der Waals surface area contributed by atoms with E-state index in [1.165, 1.54) is 15.5 Å². The molecule has 0 spiro atoms. The van der Waals surface area contributed by atoms with E-state index in [0.29, 0.717) is 12.3 Å². The molecule has 8 nitrogen and oxygen atoms in total. The van der Waals surface area contributed by atoms with Gasteiger partial charge in [-0.3, -0.25) is 14.4 Å². The molecule has 158 valence electrons. The fraction of sp³-hybridized carbons (Fsp3) is 0.263. The summed E-state index contributed by atoms with van der Waals surface area (Å²) in [5, 5.41) is 12.7. The van der Waals surface area contributed by atoms with Gasteiger partial charge in [0.05, 0.1) is 0 Å². The molecule has 2 aromatic rings. The molecular weight excluding hydrogens is 572 g/mol. The van der Waals surface area contributed by atoms with E-state index >= 15 is 0 Å². The maximum Gasteiger partial charge on any atom is 0.257 e. The molecule has 2 N–H and O–H groups in total. The van der Waals surface area contributed by atoms with Gasteiger partial charge >= 0.3 is 0 Å². The second kappa shape index (κ2) is 8.27. The Hall–Kier alpha value is -2.58. The summed E-state index contributed by atoms with van der Waals surface area (Å²) in [6.07, 6.45) is 1.51. The van der Waals surface area contributed by atoms with E-state index in [-0.39, 0.29) is 58.1 Å². The van der Waals surface area contributed by atoms with Crippen molar-refractivity contribution in [2.45, 2.75) is 26.1 Å². The fourth-order valence-electron chi connectivity index (χ4n) is 3.40. The summed E-state index contributed by atoms with van der Waals surface area (Å²) >= 11 is 0. The first kappa shape index (κ1) is 22.1. The van der Waals surface area contributed by atoms with Gasteiger partial charge in [0.15, 0.2) is 5.75 Å². The maximum atomic E-state index is 13.7. The Labute approximate surface area is 183 Å². The first-order valence-corrected chi connectivity index (χ1v) is 8.78. The minimum Gasteiger partial charge on any atom is -0.525 e. The molecule has 0 bridgehead atoms. The number of hydrogen-bond acceptors (Lipinski definition) is 5. The fourth-order valence-corrected chi connectivity index (χ4v) is 3.40. The molecular formula is C19H16F2N3O5W-. The number of nitrogens with zero attached hydrogens (tertiary/aromatic N) is 2. The van der Waals surface area contributed by atoms with Gasteiger partial charge in [0, 0.05) is 58.1 Å². The van der Waals surface area contributed by atoms with Crippen molar-refractivity contribution in [3.05, 3.63) is 69.3 Å². The minimum absolute atomic E-state index is 0. The van der Waals surface area contributed by atoms with Crippen molar-refractivity contribution < 1.29 is 49.3 Å². The Bertz CT molecular complexity index is 1090. The van der Waals surface area contributed by atoms with Gasteiger partial charge in [-0.2, -0.15) is 0 Å². The molecule has 0 saturated carbocycles. The average Bonchev–Trinajstić information content (AvgIpc) is 3.04. The molecule has 2 amide bonds. The summed E-state index contributed by atoms with van der Waals surface area (Å²) in [5.41, 5.74) is -1.63. The van der Waals surface area contributed by atoms with Crippen molar-refractivity contribution in [2.75, 3.05) is 6.61 Å². The van der Waals surface area contributed by atoms with E-state index in [9.17, 15) is 28.3 Å². The van der Waals surface area contributed by atoms with Gasteiger partial charge in [0.1, 0.15) is 22.9 Å². The second-order valence-electron chi connectivity index (χ2n) is 6.84. The smallest absolute Gasteiger partial charge is 0.257 e.